The fourth-order valence-corrected chi connectivity index (χ4v) is 0.267. The average Bonchev–Trinajstić information content (AvgIpc) is 1.65. The van der Waals surface area contributed by atoms with Crippen molar-refractivity contribution in [2.24, 2.45) is 0 Å². The Labute approximate surface area is 42.3 Å². The smallest absolute Gasteiger partial charge is 0.116 e. The highest BCUT2D eigenvalue weighted by atomic mass is 35.5. The third-order valence-corrected chi connectivity index (χ3v) is 0.804. The Kier molecular flexibility index (Phi) is 3.54. The normalized spacial score (nSPS) is 14.5. The van der Waals surface area contributed by atoms with Gasteiger partial charge in [0.25, 0.3) is 0 Å². The Balaban J connectivity index is 2.75. The molecule has 0 spiro atoms. The second-order valence-electron chi connectivity index (χ2n) is 1.00. The molecular formula is C4H7ClF. The summed E-state index contributed by atoms with van der Waals surface area (Å²) in [5.74, 6) is 0.0799. The molecular weight excluding hydrogens is 102 g/mol. The molecule has 0 rings (SSSR count). The van der Waals surface area contributed by atoms with E-state index in [0.717, 1.165) is 0 Å². The lowest BCUT2D eigenvalue weighted by molar-refractivity contribution is 0.411. The Morgan fingerprint density at radius 3 is 2.50 bits per heavy atom. The summed E-state index contributed by atoms with van der Waals surface area (Å²) in [6.45, 7) is 1.65. The van der Waals surface area contributed by atoms with Gasteiger partial charge >= 0.3 is 0 Å². The molecule has 0 fully saturated rings. The highest BCUT2D eigenvalue weighted by Gasteiger charge is 1.96. The number of alkyl halides is 2. The first-order valence-corrected chi connectivity index (χ1v) is 2.34. The van der Waals surface area contributed by atoms with Crippen molar-refractivity contribution >= 4 is 11.6 Å². The van der Waals surface area contributed by atoms with Crippen LogP contribution in [0.25, 0.3) is 0 Å². The van der Waals surface area contributed by atoms with Gasteiger partial charge in [0, 0.05) is 0 Å². The first-order valence-electron chi connectivity index (χ1n) is 1.80. The van der Waals surface area contributed by atoms with E-state index in [-0.39, 0.29) is 5.88 Å². The maximum atomic E-state index is 11.7. The van der Waals surface area contributed by atoms with Crippen LogP contribution < -0.4 is 0 Å². The van der Waals surface area contributed by atoms with Gasteiger partial charge in [-0.25, -0.2) is 4.39 Å². The standard InChI is InChI=1S/C4H7ClF/c1-2-4(6)3-5/h2,4H,3H2,1H3. The van der Waals surface area contributed by atoms with Crippen LogP contribution >= 0.6 is 11.6 Å². The zero-order chi connectivity index (χ0) is 4.99. The van der Waals surface area contributed by atoms with Gasteiger partial charge in [0.15, 0.2) is 0 Å². The topological polar surface area (TPSA) is 0 Å². The van der Waals surface area contributed by atoms with Crippen LogP contribution in [0.3, 0.4) is 0 Å². The van der Waals surface area contributed by atoms with E-state index in [0.29, 0.717) is 0 Å². The molecule has 0 bridgehead atoms. The number of hydrogen-bond donors (Lipinski definition) is 0. The van der Waals surface area contributed by atoms with Gasteiger partial charge in [0.1, 0.15) is 6.17 Å². The summed E-state index contributed by atoms with van der Waals surface area (Å²) in [6, 6.07) is 0. The summed E-state index contributed by atoms with van der Waals surface area (Å²) in [5, 5.41) is 0. The Morgan fingerprint density at radius 1 is 2.00 bits per heavy atom. The first-order chi connectivity index (χ1) is 2.81. The van der Waals surface area contributed by atoms with Crippen molar-refractivity contribution in [3.63, 3.8) is 0 Å². The van der Waals surface area contributed by atoms with Crippen LogP contribution in [-0.2, 0) is 0 Å². The number of halogens is 2. The molecule has 0 aliphatic heterocycles. The molecule has 1 atom stereocenters. The molecule has 0 saturated heterocycles. The molecule has 0 aliphatic carbocycles. The van der Waals surface area contributed by atoms with Gasteiger partial charge < -0.3 is 0 Å². The molecule has 1 unspecified atom stereocenters. The zero-order valence-electron chi connectivity index (χ0n) is 3.62. The summed E-state index contributed by atoms with van der Waals surface area (Å²) in [7, 11) is 0. The van der Waals surface area contributed by atoms with Crippen LogP contribution in [0.5, 0.6) is 0 Å². The van der Waals surface area contributed by atoms with Crippen molar-refractivity contribution in [1.29, 1.82) is 0 Å². The minimum atomic E-state index is -0.924. The van der Waals surface area contributed by atoms with Crippen molar-refractivity contribution < 1.29 is 4.39 Å². The fraction of sp³-hybridized carbons (Fsp3) is 0.750. The van der Waals surface area contributed by atoms with Crippen LogP contribution in [0.2, 0.25) is 0 Å². The SMILES string of the molecule is C[CH]C(F)CCl. The molecule has 1 radical (unpaired) electrons. The van der Waals surface area contributed by atoms with Crippen molar-refractivity contribution in [3.8, 4) is 0 Å². The van der Waals surface area contributed by atoms with Crippen molar-refractivity contribution in [2.45, 2.75) is 13.1 Å². The summed E-state index contributed by atoms with van der Waals surface area (Å²) < 4.78 is 11.7. The summed E-state index contributed by atoms with van der Waals surface area (Å²) >= 11 is 5.05. The van der Waals surface area contributed by atoms with E-state index in [1.165, 1.54) is 6.42 Å². The maximum absolute atomic E-state index is 11.7. The maximum Gasteiger partial charge on any atom is 0.116 e. The van der Waals surface area contributed by atoms with Crippen molar-refractivity contribution in [3.05, 3.63) is 6.42 Å². The van der Waals surface area contributed by atoms with Crippen molar-refractivity contribution in [1.82, 2.24) is 0 Å². The monoisotopic (exact) mass is 109 g/mol. The molecule has 2 heteroatoms. The first kappa shape index (κ1) is 6.22. The summed E-state index contributed by atoms with van der Waals surface area (Å²) in [5.41, 5.74) is 0. The second-order valence-corrected chi connectivity index (χ2v) is 1.31. The molecule has 0 aliphatic rings. The third kappa shape index (κ3) is 2.46. The third-order valence-electron chi connectivity index (χ3n) is 0.509. The van der Waals surface area contributed by atoms with E-state index in [2.05, 4.69) is 0 Å². The minimum absolute atomic E-state index is 0.0799. The van der Waals surface area contributed by atoms with E-state index in [9.17, 15) is 4.39 Å². The molecule has 0 N–H and O–H groups in total. The van der Waals surface area contributed by atoms with E-state index < -0.39 is 6.17 Å². The predicted octanol–water partition coefficient (Wildman–Crippen LogP) is 1.79. The molecule has 0 amide bonds. The van der Waals surface area contributed by atoms with Crippen molar-refractivity contribution in [2.75, 3.05) is 5.88 Å². The van der Waals surface area contributed by atoms with E-state index in [1.54, 1.807) is 6.92 Å². The second kappa shape index (κ2) is 3.41. The largest absolute Gasteiger partial charge is 0.246 e. The molecule has 0 aromatic carbocycles. The van der Waals surface area contributed by atoms with Gasteiger partial charge in [0.05, 0.1) is 5.88 Å². The van der Waals surface area contributed by atoms with E-state index >= 15 is 0 Å². The molecule has 6 heavy (non-hydrogen) atoms. The Bertz CT molecular complexity index is 26.7. The molecule has 0 nitrogen and oxygen atoms in total. The Hall–Kier alpha value is 0.220. The fourth-order valence-electron chi connectivity index (χ4n) is 0.0891. The van der Waals surface area contributed by atoms with Crippen LogP contribution in [0.1, 0.15) is 6.92 Å². The predicted molar refractivity (Wildman–Crippen MR) is 25.6 cm³/mol. The van der Waals surface area contributed by atoms with Gasteiger partial charge in [-0.05, 0) is 6.42 Å². The van der Waals surface area contributed by atoms with Gasteiger partial charge in [0.2, 0.25) is 0 Å². The molecule has 0 heterocycles. The van der Waals surface area contributed by atoms with Crippen LogP contribution in [0, 0.1) is 6.42 Å². The van der Waals surface area contributed by atoms with E-state index in [1.807, 2.05) is 0 Å². The quantitative estimate of drug-likeness (QED) is 0.475. The minimum Gasteiger partial charge on any atom is -0.246 e. The highest BCUT2D eigenvalue weighted by Crippen LogP contribution is 1.95. The zero-order valence-corrected chi connectivity index (χ0v) is 4.37. The van der Waals surface area contributed by atoms with Gasteiger partial charge in [-0.3, -0.25) is 0 Å². The molecule has 0 aromatic heterocycles. The summed E-state index contributed by atoms with van der Waals surface area (Å²) in [4.78, 5) is 0. The average molecular weight is 110 g/mol. The van der Waals surface area contributed by atoms with Crippen LogP contribution in [0.15, 0.2) is 0 Å². The van der Waals surface area contributed by atoms with Crippen LogP contribution in [0.4, 0.5) is 4.39 Å². The number of hydrogen-bond acceptors (Lipinski definition) is 0. The lowest BCUT2D eigenvalue weighted by atomic mass is 10.3. The van der Waals surface area contributed by atoms with Gasteiger partial charge in [-0.2, -0.15) is 0 Å². The lowest BCUT2D eigenvalue weighted by Crippen LogP contribution is -1.97. The van der Waals surface area contributed by atoms with Crippen LogP contribution in [-0.4, -0.2) is 12.1 Å². The Morgan fingerprint density at radius 2 is 2.50 bits per heavy atom. The van der Waals surface area contributed by atoms with Gasteiger partial charge in [-0.15, -0.1) is 11.6 Å². The number of rotatable bonds is 2. The lowest BCUT2D eigenvalue weighted by Gasteiger charge is -1.92. The molecule has 0 saturated carbocycles. The van der Waals surface area contributed by atoms with Gasteiger partial charge in [-0.1, -0.05) is 6.92 Å². The summed E-state index contributed by atoms with van der Waals surface area (Å²) in [6.07, 6.45) is 0.499. The molecule has 37 valence electrons. The molecule has 0 aromatic rings. The highest BCUT2D eigenvalue weighted by molar-refractivity contribution is 6.18. The van der Waals surface area contributed by atoms with E-state index in [4.69, 9.17) is 11.6 Å².